The Morgan fingerprint density at radius 2 is 2.62 bits per heavy atom. The molecule has 2 heterocycles. The van der Waals surface area contributed by atoms with E-state index in [2.05, 4.69) is 22.7 Å². The van der Waals surface area contributed by atoms with Gasteiger partial charge in [-0.05, 0) is 13.3 Å². The zero-order valence-electron chi connectivity index (χ0n) is 9.61. The number of morpholine rings is 1. The van der Waals surface area contributed by atoms with Crippen LogP contribution in [0.3, 0.4) is 0 Å². The number of hydrogen-bond donors (Lipinski definition) is 2. The maximum atomic E-state index is 5.42. The summed E-state index contributed by atoms with van der Waals surface area (Å²) in [5.41, 5.74) is 0.944. The van der Waals surface area contributed by atoms with Crippen molar-refractivity contribution in [3.63, 3.8) is 0 Å². The van der Waals surface area contributed by atoms with Gasteiger partial charge in [-0.1, -0.05) is 5.16 Å². The fraction of sp³-hybridized carbons (Fsp3) is 0.727. The molecule has 0 bridgehead atoms. The van der Waals surface area contributed by atoms with Crippen molar-refractivity contribution in [2.24, 2.45) is 0 Å². The summed E-state index contributed by atoms with van der Waals surface area (Å²) in [5, 5.41) is 10.7. The Kier molecular flexibility index (Phi) is 4.33. The number of rotatable bonds is 5. The van der Waals surface area contributed by atoms with Crippen LogP contribution in [-0.2, 0) is 11.3 Å². The lowest BCUT2D eigenvalue weighted by molar-refractivity contribution is 0.0711. The van der Waals surface area contributed by atoms with E-state index in [0.717, 1.165) is 38.4 Å². The van der Waals surface area contributed by atoms with Gasteiger partial charge >= 0.3 is 0 Å². The average molecular weight is 225 g/mol. The topological polar surface area (TPSA) is 59.3 Å². The van der Waals surface area contributed by atoms with Gasteiger partial charge in [0.1, 0.15) is 6.26 Å². The van der Waals surface area contributed by atoms with Crippen molar-refractivity contribution in [1.82, 2.24) is 15.8 Å². The highest BCUT2D eigenvalue weighted by Crippen LogP contribution is 2.03. The number of ether oxygens (including phenoxy) is 1. The number of aromatic nitrogens is 1. The van der Waals surface area contributed by atoms with E-state index < -0.39 is 0 Å². The molecular formula is C11H19N3O2. The van der Waals surface area contributed by atoms with Crippen molar-refractivity contribution in [3.05, 3.63) is 18.0 Å². The summed E-state index contributed by atoms with van der Waals surface area (Å²) in [4.78, 5) is 0. The van der Waals surface area contributed by atoms with Gasteiger partial charge in [-0.25, -0.2) is 0 Å². The van der Waals surface area contributed by atoms with Crippen molar-refractivity contribution < 1.29 is 9.26 Å². The summed E-state index contributed by atoms with van der Waals surface area (Å²) < 4.78 is 10.2. The van der Waals surface area contributed by atoms with Gasteiger partial charge in [0.25, 0.3) is 0 Å². The zero-order chi connectivity index (χ0) is 11.2. The minimum Gasteiger partial charge on any atom is -0.379 e. The van der Waals surface area contributed by atoms with Gasteiger partial charge in [-0.3, -0.25) is 0 Å². The fourth-order valence-electron chi connectivity index (χ4n) is 1.89. The molecule has 0 amide bonds. The lowest BCUT2D eigenvalue weighted by atomic mass is 10.1. The minimum atomic E-state index is 0.441. The van der Waals surface area contributed by atoms with Crippen LogP contribution in [0.2, 0.25) is 0 Å². The van der Waals surface area contributed by atoms with Crippen LogP contribution < -0.4 is 10.6 Å². The molecule has 1 aliphatic heterocycles. The molecule has 0 radical (unpaired) electrons. The number of nitrogens with zero attached hydrogens (tertiary/aromatic N) is 1. The maximum Gasteiger partial charge on any atom is 0.124 e. The van der Waals surface area contributed by atoms with Gasteiger partial charge in [0.05, 0.1) is 18.9 Å². The van der Waals surface area contributed by atoms with Crippen molar-refractivity contribution >= 4 is 0 Å². The second-order valence-electron chi connectivity index (χ2n) is 4.23. The van der Waals surface area contributed by atoms with E-state index >= 15 is 0 Å². The van der Waals surface area contributed by atoms with Gasteiger partial charge < -0.3 is 19.9 Å². The highest BCUT2D eigenvalue weighted by molar-refractivity contribution is 4.94. The molecule has 90 valence electrons. The molecule has 5 heteroatoms. The molecule has 0 aromatic carbocycles. The Bertz CT molecular complexity index is 283. The van der Waals surface area contributed by atoms with Crippen LogP contribution in [0.15, 0.2) is 16.9 Å². The molecule has 1 fully saturated rings. The molecule has 2 N–H and O–H groups in total. The van der Waals surface area contributed by atoms with Gasteiger partial charge in [0.2, 0.25) is 0 Å². The summed E-state index contributed by atoms with van der Waals surface area (Å²) in [7, 11) is 0. The highest BCUT2D eigenvalue weighted by Gasteiger charge is 2.15. The first kappa shape index (κ1) is 11.6. The zero-order valence-corrected chi connectivity index (χ0v) is 9.61. The lowest BCUT2D eigenvalue weighted by Gasteiger charge is -2.26. The molecule has 1 aromatic rings. The van der Waals surface area contributed by atoms with E-state index in [-0.39, 0.29) is 0 Å². The molecule has 0 spiro atoms. The van der Waals surface area contributed by atoms with E-state index in [1.165, 1.54) is 0 Å². The molecule has 5 nitrogen and oxygen atoms in total. The Morgan fingerprint density at radius 3 is 3.31 bits per heavy atom. The van der Waals surface area contributed by atoms with Crippen LogP contribution in [-0.4, -0.2) is 37.0 Å². The van der Waals surface area contributed by atoms with Crippen molar-refractivity contribution in [2.45, 2.75) is 32.0 Å². The molecular weight excluding hydrogens is 206 g/mol. The van der Waals surface area contributed by atoms with Crippen molar-refractivity contribution in [3.8, 4) is 0 Å². The van der Waals surface area contributed by atoms with Crippen LogP contribution >= 0.6 is 0 Å². The van der Waals surface area contributed by atoms with Crippen molar-refractivity contribution in [1.29, 1.82) is 0 Å². The second-order valence-corrected chi connectivity index (χ2v) is 4.23. The van der Waals surface area contributed by atoms with Crippen LogP contribution in [0.25, 0.3) is 0 Å². The highest BCUT2D eigenvalue weighted by atomic mass is 16.5. The summed E-state index contributed by atoms with van der Waals surface area (Å²) in [6.07, 6.45) is 2.66. The third kappa shape index (κ3) is 3.59. The summed E-state index contributed by atoms with van der Waals surface area (Å²) in [5.74, 6) is 0. The first-order chi connectivity index (χ1) is 7.84. The van der Waals surface area contributed by atoms with Gasteiger partial charge in [-0.15, -0.1) is 0 Å². The normalized spacial score (nSPS) is 23.2. The van der Waals surface area contributed by atoms with Crippen molar-refractivity contribution in [2.75, 3.05) is 19.8 Å². The first-order valence-electron chi connectivity index (χ1n) is 5.78. The SMILES string of the molecule is CC(CC1COCCN1)NCc1ccon1. The fourth-order valence-corrected chi connectivity index (χ4v) is 1.89. The Hall–Kier alpha value is -0.910. The molecule has 2 rings (SSSR count). The summed E-state index contributed by atoms with van der Waals surface area (Å²) in [6, 6.07) is 2.78. The summed E-state index contributed by atoms with van der Waals surface area (Å²) >= 11 is 0. The first-order valence-corrected chi connectivity index (χ1v) is 5.78. The Labute approximate surface area is 95.5 Å². The molecule has 1 aliphatic rings. The third-order valence-electron chi connectivity index (χ3n) is 2.76. The predicted octanol–water partition coefficient (Wildman–Crippen LogP) is 0.531. The maximum absolute atomic E-state index is 5.42. The number of hydrogen-bond acceptors (Lipinski definition) is 5. The Morgan fingerprint density at radius 1 is 1.69 bits per heavy atom. The van der Waals surface area contributed by atoms with Crippen LogP contribution in [0.1, 0.15) is 19.0 Å². The van der Waals surface area contributed by atoms with E-state index in [1.54, 1.807) is 6.26 Å². The molecule has 2 unspecified atom stereocenters. The Balaban J connectivity index is 1.65. The van der Waals surface area contributed by atoms with Gasteiger partial charge in [0, 0.05) is 31.2 Å². The predicted molar refractivity (Wildman–Crippen MR) is 60.0 cm³/mol. The largest absolute Gasteiger partial charge is 0.379 e. The monoisotopic (exact) mass is 225 g/mol. The summed E-state index contributed by atoms with van der Waals surface area (Å²) in [6.45, 7) is 5.54. The molecule has 1 aromatic heterocycles. The third-order valence-corrected chi connectivity index (χ3v) is 2.76. The van der Waals surface area contributed by atoms with E-state index in [0.29, 0.717) is 12.1 Å². The molecule has 0 aliphatic carbocycles. The van der Waals surface area contributed by atoms with E-state index in [1.807, 2.05) is 6.07 Å². The quantitative estimate of drug-likeness (QED) is 0.765. The number of nitrogens with one attached hydrogen (secondary N) is 2. The van der Waals surface area contributed by atoms with Crippen LogP contribution in [0.5, 0.6) is 0 Å². The molecule has 1 saturated heterocycles. The molecule has 16 heavy (non-hydrogen) atoms. The second kappa shape index (κ2) is 5.98. The smallest absolute Gasteiger partial charge is 0.124 e. The standard InChI is InChI=1S/C11H19N3O2/c1-9(6-11-8-15-5-3-12-11)13-7-10-2-4-16-14-10/h2,4,9,11-13H,3,5-8H2,1H3. The van der Waals surface area contributed by atoms with E-state index in [9.17, 15) is 0 Å². The van der Waals surface area contributed by atoms with Crippen LogP contribution in [0.4, 0.5) is 0 Å². The van der Waals surface area contributed by atoms with E-state index in [4.69, 9.17) is 9.26 Å². The van der Waals surface area contributed by atoms with Crippen LogP contribution in [0, 0.1) is 0 Å². The minimum absolute atomic E-state index is 0.441. The molecule has 0 saturated carbocycles. The lowest BCUT2D eigenvalue weighted by Crippen LogP contribution is -2.44. The average Bonchev–Trinajstić information content (AvgIpc) is 2.81. The van der Waals surface area contributed by atoms with Gasteiger partial charge in [-0.2, -0.15) is 0 Å². The molecule has 2 atom stereocenters. The van der Waals surface area contributed by atoms with Gasteiger partial charge in [0.15, 0.2) is 0 Å².